The molecule has 0 saturated carbocycles. The summed E-state index contributed by atoms with van der Waals surface area (Å²) in [6, 6.07) is 14.4. The Hall–Kier alpha value is -3.29. The molecule has 2 N–H and O–H groups in total. The number of anilines is 4. The zero-order chi connectivity index (χ0) is 24.0. The maximum atomic E-state index is 13.5. The highest BCUT2D eigenvalue weighted by molar-refractivity contribution is 5.63. The van der Waals surface area contributed by atoms with E-state index in [2.05, 4.69) is 34.4 Å². The normalized spacial score (nSPS) is 12.5. The van der Waals surface area contributed by atoms with Gasteiger partial charge in [-0.3, -0.25) is 0 Å². The van der Waals surface area contributed by atoms with E-state index < -0.39 is 11.7 Å². The van der Waals surface area contributed by atoms with E-state index in [1.807, 2.05) is 26.0 Å². The molecule has 1 aromatic heterocycles. The van der Waals surface area contributed by atoms with Gasteiger partial charge in [-0.15, -0.1) is 0 Å². The van der Waals surface area contributed by atoms with Crippen molar-refractivity contribution >= 4 is 23.1 Å². The van der Waals surface area contributed by atoms with Gasteiger partial charge in [-0.2, -0.15) is 18.2 Å². The quantitative estimate of drug-likeness (QED) is 0.351. The van der Waals surface area contributed by atoms with E-state index in [9.17, 15) is 13.2 Å². The third-order valence-corrected chi connectivity index (χ3v) is 4.98. The Labute approximate surface area is 192 Å². The number of halogens is 3. The SMILES string of the molecule is CCC(C)Oc1ccc(Nc2ncc(C(F)(F)F)c(Nc3ccc(CC(C)C)cc3)n2)cc1. The fourth-order valence-electron chi connectivity index (χ4n) is 3.14. The van der Waals surface area contributed by atoms with Crippen LogP contribution in [0.2, 0.25) is 0 Å². The summed E-state index contributed by atoms with van der Waals surface area (Å²) >= 11 is 0. The van der Waals surface area contributed by atoms with Crippen LogP contribution in [0.1, 0.15) is 45.2 Å². The van der Waals surface area contributed by atoms with Crippen molar-refractivity contribution in [2.24, 2.45) is 5.92 Å². The fraction of sp³-hybridized carbons (Fsp3) is 0.360. The first-order valence-electron chi connectivity index (χ1n) is 11.0. The highest BCUT2D eigenvalue weighted by atomic mass is 19.4. The summed E-state index contributed by atoms with van der Waals surface area (Å²) in [5.74, 6) is 0.948. The number of aromatic nitrogens is 2. The topological polar surface area (TPSA) is 59.1 Å². The summed E-state index contributed by atoms with van der Waals surface area (Å²) in [4.78, 5) is 7.96. The van der Waals surface area contributed by atoms with Crippen LogP contribution >= 0.6 is 0 Å². The van der Waals surface area contributed by atoms with Crippen LogP contribution in [0.15, 0.2) is 54.7 Å². The van der Waals surface area contributed by atoms with E-state index in [1.165, 1.54) is 0 Å². The van der Waals surface area contributed by atoms with Crippen molar-refractivity contribution < 1.29 is 17.9 Å². The van der Waals surface area contributed by atoms with E-state index in [0.717, 1.165) is 24.6 Å². The van der Waals surface area contributed by atoms with Gasteiger partial charge in [-0.1, -0.05) is 32.9 Å². The molecule has 0 aliphatic heterocycles. The minimum atomic E-state index is -4.59. The van der Waals surface area contributed by atoms with Crippen molar-refractivity contribution in [2.45, 2.75) is 52.8 Å². The highest BCUT2D eigenvalue weighted by Gasteiger charge is 2.35. The molecule has 2 aromatic carbocycles. The molecule has 33 heavy (non-hydrogen) atoms. The van der Waals surface area contributed by atoms with E-state index in [4.69, 9.17) is 4.74 Å². The zero-order valence-corrected chi connectivity index (χ0v) is 19.2. The molecule has 0 radical (unpaired) electrons. The molecule has 0 bridgehead atoms. The van der Waals surface area contributed by atoms with Crippen molar-refractivity contribution in [3.05, 3.63) is 65.9 Å². The Morgan fingerprint density at radius 2 is 1.52 bits per heavy atom. The zero-order valence-electron chi connectivity index (χ0n) is 19.2. The number of hydrogen-bond donors (Lipinski definition) is 2. The van der Waals surface area contributed by atoms with Crippen LogP contribution in [0.25, 0.3) is 0 Å². The minimum Gasteiger partial charge on any atom is -0.491 e. The van der Waals surface area contributed by atoms with Gasteiger partial charge in [0, 0.05) is 17.6 Å². The molecule has 0 spiro atoms. The second-order valence-corrected chi connectivity index (χ2v) is 8.36. The molecule has 5 nitrogen and oxygen atoms in total. The molecule has 1 unspecified atom stereocenters. The van der Waals surface area contributed by atoms with Crippen LogP contribution in [-0.4, -0.2) is 16.1 Å². The molecular formula is C25H29F3N4O. The summed E-state index contributed by atoms with van der Waals surface area (Å²) < 4.78 is 46.4. The smallest absolute Gasteiger partial charge is 0.421 e. The fourth-order valence-corrected chi connectivity index (χ4v) is 3.14. The maximum absolute atomic E-state index is 13.5. The van der Waals surface area contributed by atoms with Crippen LogP contribution in [0.5, 0.6) is 5.75 Å². The first-order chi connectivity index (χ1) is 15.6. The lowest BCUT2D eigenvalue weighted by molar-refractivity contribution is -0.137. The molecule has 8 heteroatoms. The largest absolute Gasteiger partial charge is 0.491 e. The Morgan fingerprint density at radius 3 is 2.09 bits per heavy atom. The van der Waals surface area contributed by atoms with Gasteiger partial charge in [0.2, 0.25) is 5.95 Å². The second kappa shape index (κ2) is 10.6. The molecule has 0 fully saturated rings. The highest BCUT2D eigenvalue weighted by Crippen LogP contribution is 2.35. The molecule has 0 aliphatic carbocycles. The lowest BCUT2D eigenvalue weighted by atomic mass is 10.0. The number of rotatable bonds is 9. The predicted molar refractivity (Wildman–Crippen MR) is 125 cm³/mol. The van der Waals surface area contributed by atoms with Crippen molar-refractivity contribution in [1.29, 1.82) is 0 Å². The maximum Gasteiger partial charge on any atom is 0.421 e. The molecular weight excluding hydrogens is 429 g/mol. The average molecular weight is 459 g/mol. The number of benzene rings is 2. The van der Waals surface area contributed by atoms with Gasteiger partial charge in [-0.05, 0) is 67.6 Å². The molecule has 0 saturated heterocycles. The third kappa shape index (κ3) is 7.10. The molecule has 1 heterocycles. The van der Waals surface area contributed by atoms with E-state index >= 15 is 0 Å². The summed E-state index contributed by atoms with van der Waals surface area (Å²) in [6.07, 6.45) is -1.93. The number of nitrogens with zero attached hydrogens (tertiary/aromatic N) is 2. The van der Waals surface area contributed by atoms with Crippen molar-refractivity contribution in [3.63, 3.8) is 0 Å². The minimum absolute atomic E-state index is 0.0533. The summed E-state index contributed by atoms with van der Waals surface area (Å²) in [5.41, 5.74) is 1.34. The van der Waals surface area contributed by atoms with Crippen molar-refractivity contribution in [1.82, 2.24) is 9.97 Å². The monoisotopic (exact) mass is 458 g/mol. The van der Waals surface area contributed by atoms with Gasteiger partial charge in [0.25, 0.3) is 0 Å². The van der Waals surface area contributed by atoms with Gasteiger partial charge in [0.15, 0.2) is 0 Å². The Kier molecular flexibility index (Phi) is 7.79. The van der Waals surface area contributed by atoms with Gasteiger partial charge in [0.1, 0.15) is 17.1 Å². The number of nitrogens with one attached hydrogen (secondary N) is 2. The van der Waals surface area contributed by atoms with Crippen LogP contribution in [0.4, 0.5) is 36.3 Å². The molecule has 1 atom stereocenters. The van der Waals surface area contributed by atoms with Crippen molar-refractivity contribution in [2.75, 3.05) is 10.6 Å². The standard InChI is InChI=1S/C25H29F3N4O/c1-5-17(4)33-21-12-10-20(11-13-21)31-24-29-15-22(25(26,27)28)23(32-24)30-19-8-6-18(7-9-19)14-16(2)3/h6-13,15-17H,5,14H2,1-4H3,(H2,29,30,31,32). The number of ether oxygens (including phenoxy) is 1. The van der Waals surface area contributed by atoms with Crippen LogP contribution in [-0.2, 0) is 12.6 Å². The lowest BCUT2D eigenvalue weighted by Crippen LogP contribution is -2.12. The first kappa shape index (κ1) is 24.4. The van der Waals surface area contributed by atoms with Gasteiger partial charge < -0.3 is 15.4 Å². The van der Waals surface area contributed by atoms with Gasteiger partial charge >= 0.3 is 6.18 Å². The third-order valence-electron chi connectivity index (χ3n) is 4.98. The molecule has 176 valence electrons. The second-order valence-electron chi connectivity index (χ2n) is 8.36. The Morgan fingerprint density at radius 1 is 0.909 bits per heavy atom. The van der Waals surface area contributed by atoms with Crippen LogP contribution in [0, 0.1) is 5.92 Å². The molecule has 3 aromatic rings. The predicted octanol–water partition coefficient (Wildman–Crippen LogP) is 7.36. The van der Waals surface area contributed by atoms with Crippen LogP contribution in [0.3, 0.4) is 0 Å². The van der Waals surface area contributed by atoms with Crippen molar-refractivity contribution in [3.8, 4) is 5.75 Å². The van der Waals surface area contributed by atoms with E-state index in [-0.39, 0.29) is 17.9 Å². The Balaban J connectivity index is 1.80. The first-order valence-corrected chi connectivity index (χ1v) is 11.0. The van der Waals surface area contributed by atoms with Crippen LogP contribution < -0.4 is 15.4 Å². The lowest BCUT2D eigenvalue weighted by Gasteiger charge is -2.16. The van der Waals surface area contributed by atoms with Gasteiger partial charge in [-0.25, -0.2) is 4.98 Å². The number of alkyl halides is 3. The molecule has 0 amide bonds. The number of hydrogen-bond acceptors (Lipinski definition) is 5. The molecule has 3 rings (SSSR count). The Bertz CT molecular complexity index is 1040. The summed E-state index contributed by atoms with van der Waals surface area (Å²) in [6.45, 7) is 8.25. The van der Waals surface area contributed by atoms with Gasteiger partial charge in [0.05, 0.1) is 6.10 Å². The van der Waals surface area contributed by atoms with E-state index in [1.54, 1.807) is 36.4 Å². The summed E-state index contributed by atoms with van der Waals surface area (Å²) in [7, 11) is 0. The van der Waals surface area contributed by atoms with E-state index in [0.29, 0.717) is 23.0 Å². The average Bonchev–Trinajstić information content (AvgIpc) is 2.75. The summed E-state index contributed by atoms with van der Waals surface area (Å²) in [5, 5.41) is 5.74. The molecule has 0 aliphatic rings.